The van der Waals surface area contributed by atoms with E-state index in [-0.39, 0.29) is 37.4 Å². The first-order valence-electron chi connectivity index (χ1n) is 14.0. The van der Waals surface area contributed by atoms with Gasteiger partial charge in [-0.15, -0.1) is 0 Å². The van der Waals surface area contributed by atoms with Crippen molar-refractivity contribution >= 4 is 33.6 Å². The van der Waals surface area contributed by atoms with Crippen LogP contribution in [0, 0.1) is 0 Å². The maximum Gasteiger partial charge on any atom is 0.416 e. The Morgan fingerprint density at radius 3 is 2.24 bits per heavy atom. The van der Waals surface area contributed by atoms with Crippen LogP contribution in [0.5, 0.6) is 0 Å². The fraction of sp³-hybridized carbons (Fsp3) is 0.323. The number of piperazine rings is 1. The normalized spacial score (nSPS) is 15.9. The number of urea groups is 1. The number of esters is 1. The van der Waals surface area contributed by atoms with E-state index >= 15 is 0 Å². The number of nitrogens with one attached hydrogen (secondary N) is 2. The summed E-state index contributed by atoms with van der Waals surface area (Å²) in [6.45, 7) is 3.39. The van der Waals surface area contributed by atoms with E-state index in [1.165, 1.54) is 24.1 Å². The van der Waals surface area contributed by atoms with Crippen LogP contribution in [0.3, 0.4) is 0 Å². The second-order valence-electron chi connectivity index (χ2n) is 10.7. The lowest BCUT2D eigenvalue weighted by atomic mass is 10.0. The van der Waals surface area contributed by atoms with Gasteiger partial charge in [0.05, 0.1) is 23.1 Å². The molecule has 4 rings (SSSR count). The monoisotopic (exact) mass is 646 g/mol. The summed E-state index contributed by atoms with van der Waals surface area (Å²) in [7, 11) is -3.23. The average molecular weight is 647 g/mol. The highest BCUT2D eigenvalue weighted by Gasteiger charge is 2.42. The number of alkyl halides is 3. The van der Waals surface area contributed by atoms with Crippen molar-refractivity contribution in [3.8, 4) is 0 Å². The first-order chi connectivity index (χ1) is 21.2. The second kappa shape index (κ2) is 13.7. The van der Waals surface area contributed by atoms with Gasteiger partial charge in [0.25, 0.3) is 0 Å². The van der Waals surface area contributed by atoms with Gasteiger partial charge in [-0.1, -0.05) is 44.2 Å². The number of hydrogen-bond donors (Lipinski definition) is 2. The van der Waals surface area contributed by atoms with E-state index in [0.717, 1.165) is 27.6 Å². The minimum absolute atomic E-state index is 0.0778. The van der Waals surface area contributed by atoms with Crippen molar-refractivity contribution in [1.82, 2.24) is 14.5 Å². The zero-order chi connectivity index (χ0) is 32.9. The lowest BCUT2D eigenvalue weighted by Gasteiger charge is -2.39. The number of methoxy groups -OCH3 is 1. The summed E-state index contributed by atoms with van der Waals surface area (Å²) in [6, 6.07) is 14.5. The maximum absolute atomic E-state index is 13.6. The van der Waals surface area contributed by atoms with Crippen LogP contribution in [0.25, 0.3) is 0 Å². The van der Waals surface area contributed by atoms with Crippen molar-refractivity contribution in [2.45, 2.75) is 43.4 Å². The zero-order valence-electron chi connectivity index (χ0n) is 24.8. The molecule has 45 heavy (non-hydrogen) atoms. The minimum atomic E-state index is -4.66. The van der Waals surface area contributed by atoms with Gasteiger partial charge in [0.1, 0.15) is 6.04 Å². The maximum atomic E-state index is 13.6. The van der Waals surface area contributed by atoms with Crippen LogP contribution in [0.1, 0.15) is 46.8 Å². The third-order valence-electron chi connectivity index (χ3n) is 7.36. The number of nitrogens with zero attached hydrogens (tertiary/aromatic N) is 2. The molecule has 240 valence electrons. The van der Waals surface area contributed by atoms with E-state index in [9.17, 15) is 36.0 Å². The van der Waals surface area contributed by atoms with Gasteiger partial charge in [0.15, 0.2) is 0 Å². The smallest absolute Gasteiger partial charge is 0.416 e. The Hall–Kier alpha value is -4.43. The average Bonchev–Trinajstić information content (AvgIpc) is 3.02. The topological polar surface area (TPSA) is 125 Å². The molecule has 14 heteroatoms. The van der Waals surface area contributed by atoms with Crippen molar-refractivity contribution in [1.29, 1.82) is 0 Å². The molecule has 0 radical (unpaired) electrons. The summed E-state index contributed by atoms with van der Waals surface area (Å²) in [5, 5.41) is 5.37. The molecule has 3 aromatic rings. The number of hydrogen-bond acceptors (Lipinski definition) is 6. The summed E-state index contributed by atoms with van der Waals surface area (Å²) >= 11 is 0. The number of benzene rings is 3. The molecule has 10 nitrogen and oxygen atoms in total. The third kappa shape index (κ3) is 8.00. The van der Waals surface area contributed by atoms with Crippen LogP contribution < -0.4 is 10.6 Å². The fourth-order valence-corrected chi connectivity index (χ4v) is 6.35. The molecule has 0 bridgehead atoms. The molecule has 3 aromatic carbocycles. The molecule has 1 aliphatic heterocycles. The number of rotatable bonds is 8. The molecule has 1 heterocycles. The molecule has 0 aromatic heterocycles. The number of ether oxygens (including phenoxy) is 1. The second-order valence-corrected chi connectivity index (χ2v) is 12.6. The number of anilines is 1. The Kier molecular flexibility index (Phi) is 10.2. The Morgan fingerprint density at radius 2 is 1.64 bits per heavy atom. The van der Waals surface area contributed by atoms with Crippen molar-refractivity contribution in [2.75, 3.05) is 32.1 Å². The number of carbonyl (C=O) groups excluding carboxylic acids is 3. The summed E-state index contributed by atoms with van der Waals surface area (Å²) < 4.78 is 72.2. The molecule has 0 unspecified atom stereocenters. The van der Waals surface area contributed by atoms with Gasteiger partial charge in [0.2, 0.25) is 15.9 Å². The molecule has 1 fully saturated rings. The first kappa shape index (κ1) is 33.5. The van der Waals surface area contributed by atoms with E-state index in [0.29, 0.717) is 18.1 Å². The Balaban J connectivity index is 1.57. The van der Waals surface area contributed by atoms with E-state index < -0.39 is 50.6 Å². The molecule has 3 amide bonds. The van der Waals surface area contributed by atoms with Gasteiger partial charge in [-0.05, 0) is 59.5 Å². The Morgan fingerprint density at radius 1 is 0.978 bits per heavy atom. The van der Waals surface area contributed by atoms with Gasteiger partial charge < -0.3 is 20.3 Å². The standard InChI is InChI=1S/C31H33F3N4O6S/c1-20(2)22-9-7-21(8-10-22)18-35-28(39)27-19-37(30(41)36-25-6-4-5-23(17-25)29(40)44-3)15-16-38(27)45(42,43)26-13-11-24(12-14-26)31(32,33)34/h4-14,17,20,27H,15-16,18-19H2,1-3H3,(H,35,39)(H,36,41)/t27-/m1/s1. The fourth-order valence-electron chi connectivity index (χ4n) is 4.78. The van der Waals surface area contributed by atoms with Crippen molar-refractivity contribution < 1.29 is 40.7 Å². The summed E-state index contributed by atoms with van der Waals surface area (Å²) in [6.07, 6.45) is -4.66. The highest BCUT2D eigenvalue weighted by Crippen LogP contribution is 2.31. The van der Waals surface area contributed by atoms with Gasteiger partial charge in [-0.25, -0.2) is 18.0 Å². The highest BCUT2D eigenvalue weighted by atomic mass is 32.2. The zero-order valence-corrected chi connectivity index (χ0v) is 25.6. The summed E-state index contributed by atoms with van der Waals surface area (Å²) in [5.41, 5.74) is 1.32. The number of sulfonamides is 1. The lowest BCUT2D eigenvalue weighted by Crippen LogP contribution is -2.61. The number of halogens is 3. The van der Waals surface area contributed by atoms with Crippen LogP contribution in [0.15, 0.2) is 77.7 Å². The predicted molar refractivity (Wildman–Crippen MR) is 160 cm³/mol. The SMILES string of the molecule is COC(=O)c1cccc(NC(=O)N2CCN(S(=O)(=O)c3ccc(C(F)(F)F)cc3)[C@@H](C(=O)NCc3ccc(C(C)C)cc3)C2)c1. The van der Waals surface area contributed by atoms with E-state index in [1.807, 2.05) is 38.1 Å². The molecule has 0 saturated carbocycles. The highest BCUT2D eigenvalue weighted by molar-refractivity contribution is 7.89. The first-order valence-corrected chi connectivity index (χ1v) is 15.4. The summed E-state index contributed by atoms with van der Waals surface area (Å²) in [4.78, 5) is 39.4. The Labute approximate surface area is 259 Å². The predicted octanol–water partition coefficient (Wildman–Crippen LogP) is 4.84. The van der Waals surface area contributed by atoms with Crippen molar-refractivity contribution in [3.63, 3.8) is 0 Å². The molecule has 1 aliphatic rings. The van der Waals surface area contributed by atoms with Gasteiger partial charge in [-0.2, -0.15) is 17.5 Å². The van der Waals surface area contributed by atoms with E-state index in [2.05, 4.69) is 10.6 Å². The van der Waals surface area contributed by atoms with Crippen LogP contribution in [-0.2, 0) is 32.3 Å². The van der Waals surface area contributed by atoms with Gasteiger partial charge >= 0.3 is 18.2 Å². The minimum Gasteiger partial charge on any atom is -0.465 e. The lowest BCUT2D eigenvalue weighted by molar-refractivity contribution is -0.137. The Bertz CT molecular complexity index is 1640. The number of carbonyl (C=O) groups is 3. The molecule has 0 spiro atoms. The van der Waals surface area contributed by atoms with Gasteiger partial charge in [-0.3, -0.25) is 4.79 Å². The van der Waals surface area contributed by atoms with Crippen molar-refractivity contribution in [3.05, 3.63) is 95.1 Å². The molecule has 2 N–H and O–H groups in total. The van der Waals surface area contributed by atoms with Crippen LogP contribution in [0.2, 0.25) is 0 Å². The van der Waals surface area contributed by atoms with E-state index in [4.69, 9.17) is 4.74 Å². The van der Waals surface area contributed by atoms with E-state index in [1.54, 1.807) is 12.1 Å². The van der Waals surface area contributed by atoms with Crippen LogP contribution >= 0.6 is 0 Å². The van der Waals surface area contributed by atoms with Gasteiger partial charge in [0, 0.05) is 31.9 Å². The third-order valence-corrected chi connectivity index (χ3v) is 9.28. The quantitative estimate of drug-likeness (QED) is 0.338. The molecule has 0 aliphatic carbocycles. The van der Waals surface area contributed by atoms with Crippen LogP contribution in [0.4, 0.5) is 23.7 Å². The molecule has 1 atom stereocenters. The van der Waals surface area contributed by atoms with Crippen molar-refractivity contribution in [2.24, 2.45) is 0 Å². The molecule has 1 saturated heterocycles. The largest absolute Gasteiger partial charge is 0.465 e. The molecular formula is C31H33F3N4O6S. The summed E-state index contributed by atoms with van der Waals surface area (Å²) in [5.74, 6) is -0.993. The van der Waals surface area contributed by atoms with Crippen LogP contribution in [-0.4, -0.2) is 68.3 Å². The molecular weight excluding hydrogens is 613 g/mol. The number of amides is 3.